The molecule has 15 heavy (non-hydrogen) atoms. The van der Waals surface area contributed by atoms with E-state index < -0.39 is 0 Å². The molecule has 0 bridgehead atoms. The van der Waals surface area contributed by atoms with Crippen LogP contribution in [0.3, 0.4) is 0 Å². The van der Waals surface area contributed by atoms with Crippen LogP contribution in [0, 0.1) is 11.7 Å². The molecule has 0 amide bonds. The zero-order chi connectivity index (χ0) is 10.5. The fraction of sp³-hybridized carbons (Fsp3) is 0.385. The molecule has 1 aliphatic carbocycles. The van der Waals surface area contributed by atoms with Crippen LogP contribution in [0.15, 0.2) is 30.3 Å². The van der Waals surface area contributed by atoms with Crippen molar-refractivity contribution >= 4 is 6.08 Å². The third-order valence-electron chi connectivity index (χ3n) is 2.57. The fourth-order valence-electron chi connectivity index (χ4n) is 1.46. The predicted molar refractivity (Wildman–Crippen MR) is 61.0 cm³/mol. The van der Waals surface area contributed by atoms with Crippen LogP contribution in [0.25, 0.3) is 6.08 Å². The first kappa shape index (κ1) is 10.4. The zero-order valence-electron chi connectivity index (χ0n) is 8.75. The lowest BCUT2D eigenvalue weighted by atomic mass is 10.2. The van der Waals surface area contributed by atoms with Gasteiger partial charge in [-0.1, -0.05) is 24.3 Å². The van der Waals surface area contributed by atoms with Crippen LogP contribution in [-0.4, -0.2) is 13.1 Å². The van der Waals surface area contributed by atoms with E-state index in [-0.39, 0.29) is 5.82 Å². The van der Waals surface area contributed by atoms with Crippen LogP contribution in [0.1, 0.15) is 18.4 Å². The molecule has 0 atom stereocenters. The van der Waals surface area contributed by atoms with Gasteiger partial charge >= 0.3 is 0 Å². The van der Waals surface area contributed by atoms with Gasteiger partial charge in [-0.2, -0.15) is 0 Å². The normalized spacial score (nSPS) is 16.1. The van der Waals surface area contributed by atoms with Gasteiger partial charge in [-0.3, -0.25) is 0 Å². The van der Waals surface area contributed by atoms with Gasteiger partial charge in [0.05, 0.1) is 0 Å². The number of rotatable bonds is 5. The van der Waals surface area contributed by atoms with E-state index in [0.717, 1.165) is 24.6 Å². The zero-order valence-corrected chi connectivity index (χ0v) is 8.75. The Morgan fingerprint density at radius 3 is 2.67 bits per heavy atom. The van der Waals surface area contributed by atoms with Crippen LogP contribution in [-0.2, 0) is 0 Å². The van der Waals surface area contributed by atoms with Crippen molar-refractivity contribution in [3.05, 3.63) is 41.7 Å². The summed E-state index contributed by atoms with van der Waals surface area (Å²) in [5, 5.41) is 3.37. The van der Waals surface area contributed by atoms with E-state index in [1.54, 1.807) is 12.1 Å². The number of hydrogen-bond acceptors (Lipinski definition) is 1. The summed E-state index contributed by atoms with van der Waals surface area (Å²) in [7, 11) is 0. The van der Waals surface area contributed by atoms with Gasteiger partial charge < -0.3 is 5.32 Å². The minimum atomic E-state index is -0.181. The van der Waals surface area contributed by atoms with Gasteiger partial charge in [0.25, 0.3) is 0 Å². The molecule has 0 radical (unpaired) electrons. The second-order valence-corrected chi connectivity index (χ2v) is 4.06. The molecular formula is C13H16FN. The molecule has 1 aliphatic rings. The van der Waals surface area contributed by atoms with E-state index in [2.05, 4.69) is 11.4 Å². The van der Waals surface area contributed by atoms with Gasteiger partial charge in [0.15, 0.2) is 0 Å². The molecule has 0 aromatic heterocycles. The summed E-state index contributed by atoms with van der Waals surface area (Å²) < 4.78 is 12.6. The highest BCUT2D eigenvalue weighted by Crippen LogP contribution is 2.27. The van der Waals surface area contributed by atoms with Gasteiger partial charge in [-0.05, 0) is 43.0 Å². The van der Waals surface area contributed by atoms with Crippen LogP contribution in [0.5, 0.6) is 0 Å². The van der Waals surface area contributed by atoms with Gasteiger partial charge in [-0.25, -0.2) is 4.39 Å². The molecule has 1 aromatic carbocycles. The molecule has 0 saturated heterocycles. The van der Waals surface area contributed by atoms with Gasteiger partial charge in [-0.15, -0.1) is 0 Å². The van der Waals surface area contributed by atoms with Crippen molar-refractivity contribution < 1.29 is 4.39 Å². The van der Waals surface area contributed by atoms with Crippen molar-refractivity contribution in [1.29, 1.82) is 0 Å². The maximum Gasteiger partial charge on any atom is 0.123 e. The Morgan fingerprint density at radius 2 is 2.00 bits per heavy atom. The Labute approximate surface area is 90.0 Å². The summed E-state index contributed by atoms with van der Waals surface area (Å²) >= 11 is 0. The van der Waals surface area contributed by atoms with E-state index >= 15 is 0 Å². The smallest absolute Gasteiger partial charge is 0.123 e. The average Bonchev–Trinajstić information content (AvgIpc) is 3.04. The van der Waals surface area contributed by atoms with Crippen molar-refractivity contribution in [3.63, 3.8) is 0 Å². The molecule has 0 spiro atoms. The van der Waals surface area contributed by atoms with Gasteiger partial charge in [0, 0.05) is 6.54 Å². The van der Waals surface area contributed by atoms with Crippen molar-refractivity contribution in [2.45, 2.75) is 12.8 Å². The number of halogens is 1. The Kier molecular flexibility index (Phi) is 3.51. The largest absolute Gasteiger partial charge is 0.313 e. The quantitative estimate of drug-likeness (QED) is 0.729. The molecule has 0 aliphatic heterocycles. The van der Waals surface area contributed by atoms with Crippen LogP contribution in [0.4, 0.5) is 4.39 Å². The lowest BCUT2D eigenvalue weighted by molar-refractivity contribution is 0.628. The minimum Gasteiger partial charge on any atom is -0.313 e. The van der Waals surface area contributed by atoms with E-state index in [1.165, 1.54) is 25.0 Å². The molecule has 0 unspecified atom stereocenters. The van der Waals surface area contributed by atoms with Crippen molar-refractivity contribution in [2.75, 3.05) is 13.1 Å². The van der Waals surface area contributed by atoms with Crippen LogP contribution < -0.4 is 5.32 Å². The molecule has 1 fully saturated rings. The first-order chi connectivity index (χ1) is 7.34. The molecule has 1 aromatic rings. The summed E-state index contributed by atoms with van der Waals surface area (Å²) in [5.41, 5.74) is 1.05. The molecule has 0 heterocycles. The lowest BCUT2D eigenvalue weighted by Gasteiger charge is -1.97. The molecular weight excluding hydrogens is 189 g/mol. The third-order valence-corrected chi connectivity index (χ3v) is 2.57. The van der Waals surface area contributed by atoms with Crippen molar-refractivity contribution in [1.82, 2.24) is 5.32 Å². The molecule has 1 saturated carbocycles. The van der Waals surface area contributed by atoms with Crippen molar-refractivity contribution in [2.24, 2.45) is 5.92 Å². The SMILES string of the molecule is Fc1ccc(/C=C/CNCC2CC2)cc1. The average molecular weight is 205 g/mol. The van der Waals surface area contributed by atoms with Crippen LogP contribution >= 0.6 is 0 Å². The summed E-state index contributed by atoms with van der Waals surface area (Å²) in [6.45, 7) is 2.03. The number of nitrogens with one attached hydrogen (secondary N) is 1. The Bertz CT molecular complexity index is 325. The highest BCUT2D eigenvalue weighted by molar-refractivity contribution is 5.48. The highest BCUT2D eigenvalue weighted by atomic mass is 19.1. The minimum absolute atomic E-state index is 0.181. The predicted octanol–water partition coefficient (Wildman–Crippen LogP) is 2.84. The summed E-state index contributed by atoms with van der Waals surface area (Å²) in [4.78, 5) is 0. The molecule has 2 rings (SSSR count). The maximum absolute atomic E-state index is 12.6. The molecule has 80 valence electrons. The topological polar surface area (TPSA) is 12.0 Å². The fourth-order valence-corrected chi connectivity index (χ4v) is 1.46. The first-order valence-electron chi connectivity index (χ1n) is 5.47. The molecule has 1 N–H and O–H groups in total. The lowest BCUT2D eigenvalue weighted by Crippen LogP contribution is -2.16. The summed E-state index contributed by atoms with van der Waals surface area (Å²) in [6.07, 6.45) is 6.86. The van der Waals surface area contributed by atoms with Crippen LogP contribution in [0.2, 0.25) is 0 Å². The number of benzene rings is 1. The van der Waals surface area contributed by atoms with E-state index in [0.29, 0.717) is 0 Å². The van der Waals surface area contributed by atoms with E-state index in [9.17, 15) is 4.39 Å². The maximum atomic E-state index is 12.6. The van der Waals surface area contributed by atoms with Crippen molar-refractivity contribution in [3.8, 4) is 0 Å². The van der Waals surface area contributed by atoms with E-state index in [1.807, 2.05) is 6.08 Å². The van der Waals surface area contributed by atoms with Gasteiger partial charge in [0.2, 0.25) is 0 Å². The highest BCUT2D eigenvalue weighted by Gasteiger charge is 2.19. The summed E-state index contributed by atoms with van der Waals surface area (Å²) in [5.74, 6) is 0.739. The molecule has 2 heteroatoms. The Hall–Kier alpha value is -1.15. The second-order valence-electron chi connectivity index (χ2n) is 4.06. The second kappa shape index (κ2) is 5.08. The first-order valence-corrected chi connectivity index (χ1v) is 5.47. The standard InChI is InChI=1S/C13H16FN/c14-13-7-5-11(6-8-13)2-1-9-15-10-12-3-4-12/h1-2,5-8,12,15H,3-4,9-10H2/b2-1+. The number of hydrogen-bond donors (Lipinski definition) is 1. The molecule has 1 nitrogen and oxygen atoms in total. The monoisotopic (exact) mass is 205 g/mol. The Balaban J connectivity index is 1.70. The third kappa shape index (κ3) is 3.84. The summed E-state index contributed by atoms with van der Waals surface area (Å²) in [6, 6.07) is 6.54. The van der Waals surface area contributed by atoms with E-state index in [4.69, 9.17) is 0 Å². The Morgan fingerprint density at radius 1 is 1.27 bits per heavy atom. The van der Waals surface area contributed by atoms with Gasteiger partial charge in [0.1, 0.15) is 5.82 Å².